The van der Waals surface area contributed by atoms with Crippen LogP contribution in [-0.4, -0.2) is 62.5 Å². The monoisotopic (exact) mass is 598 g/mol. The minimum absolute atomic E-state index is 0.0442. The van der Waals surface area contributed by atoms with Crippen LogP contribution in [-0.2, 0) is 47.6 Å². The first-order chi connectivity index (χ1) is 20.7. The van der Waals surface area contributed by atoms with E-state index in [1.54, 1.807) is 27.7 Å². The predicted octanol–water partition coefficient (Wildman–Crippen LogP) is 5.22. The van der Waals surface area contributed by atoms with Gasteiger partial charge in [-0.1, -0.05) is 67.2 Å². The molecule has 0 aliphatic rings. The Kier molecular flexibility index (Phi) is 15.7. The van der Waals surface area contributed by atoms with E-state index >= 15 is 0 Å². The summed E-state index contributed by atoms with van der Waals surface area (Å²) in [6.07, 6.45) is -4.18. The van der Waals surface area contributed by atoms with E-state index in [0.717, 1.165) is 11.1 Å². The van der Waals surface area contributed by atoms with Gasteiger partial charge in [0.05, 0.1) is 19.6 Å². The summed E-state index contributed by atoms with van der Waals surface area (Å²) in [5.74, 6) is -3.37. The lowest BCUT2D eigenvalue weighted by atomic mass is 10.1. The van der Waals surface area contributed by atoms with Crippen LogP contribution < -0.4 is 0 Å². The van der Waals surface area contributed by atoms with Crippen LogP contribution in [0, 0.1) is 0 Å². The van der Waals surface area contributed by atoms with E-state index < -0.39 is 54.7 Å². The van der Waals surface area contributed by atoms with E-state index in [4.69, 9.17) is 28.4 Å². The molecule has 0 heterocycles. The summed E-state index contributed by atoms with van der Waals surface area (Å²) in [5.41, 5.74) is 1.29. The number of ether oxygens (including phenoxy) is 6. The summed E-state index contributed by atoms with van der Waals surface area (Å²) in [6, 6.07) is 18.2. The van der Waals surface area contributed by atoms with Gasteiger partial charge in [0, 0.05) is 31.6 Å². The van der Waals surface area contributed by atoms with Gasteiger partial charge in [0.1, 0.15) is 12.2 Å². The Labute approximate surface area is 253 Å². The van der Waals surface area contributed by atoms with Crippen molar-refractivity contribution in [2.24, 2.45) is 0 Å². The first kappa shape index (κ1) is 35.2. The zero-order chi connectivity index (χ0) is 31.6. The fourth-order valence-corrected chi connectivity index (χ4v) is 3.86. The Balaban J connectivity index is 2.00. The molecule has 10 nitrogen and oxygen atoms in total. The van der Waals surface area contributed by atoms with E-state index in [0.29, 0.717) is 13.2 Å². The summed E-state index contributed by atoms with van der Waals surface area (Å²) in [6.45, 7) is 11.7. The highest BCUT2D eigenvalue weighted by molar-refractivity contribution is 5.95. The summed E-state index contributed by atoms with van der Waals surface area (Å²) < 4.78 is 32.4. The summed E-state index contributed by atoms with van der Waals surface area (Å²) >= 11 is 0. The maximum absolute atomic E-state index is 12.9. The second-order valence-electron chi connectivity index (χ2n) is 9.60. The van der Waals surface area contributed by atoms with Gasteiger partial charge in [0.25, 0.3) is 0 Å². The van der Waals surface area contributed by atoms with Crippen LogP contribution in [0.25, 0.3) is 0 Å². The Bertz CT molecular complexity index is 1160. The lowest BCUT2D eigenvalue weighted by Gasteiger charge is -2.21. The number of hydrogen-bond acceptors (Lipinski definition) is 10. The highest BCUT2D eigenvalue weighted by Crippen LogP contribution is 2.20. The average molecular weight is 599 g/mol. The topological polar surface area (TPSA) is 124 Å². The first-order valence-corrected chi connectivity index (χ1v) is 14.4. The van der Waals surface area contributed by atoms with Crippen molar-refractivity contribution in [2.45, 2.75) is 71.4 Å². The number of benzene rings is 2. The molecule has 0 saturated carbocycles. The van der Waals surface area contributed by atoms with E-state index in [2.05, 4.69) is 6.58 Å². The minimum Gasteiger partial charge on any atom is -0.455 e. The van der Waals surface area contributed by atoms with Crippen molar-refractivity contribution in [3.8, 4) is 0 Å². The lowest BCUT2D eigenvalue weighted by molar-refractivity contribution is -0.173. The molecule has 43 heavy (non-hydrogen) atoms. The third-order valence-electron chi connectivity index (χ3n) is 6.28. The van der Waals surface area contributed by atoms with Gasteiger partial charge in [0.2, 0.25) is 12.2 Å². The van der Waals surface area contributed by atoms with Gasteiger partial charge in [-0.3, -0.25) is 4.79 Å². The molecule has 0 spiro atoms. The third-order valence-corrected chi connectivity index (χ3v) is 6.28. The zero-order valence-corrected chi connectivity index (χ0v) is 25.3. The summed E-state index contributed by atoms with van der Waals surface area (Å²) in [7, 11) is 0. The number of rotatable bonds is 19. The largest absolute Gasteiger partial charge is 0.455 e. The van der Waals surface area contributed by atoms with E-state index in [9.17, 15) is 19.2 Å². The molecule has 0 saturated heterocycles. The quantitative estimate of drug-likeness (QED) is 0.0920. The van der Waals surface area contributed by atoms with Crippen LogP contribution in [0.3, 0.4) is 0 Å². The highest BCUT2D eigenvalue weighted by atomic mass is 16.6. The molecule has 0 bridgehead atoms. The van der Waals surface area contributed by atoms with Gasteiger partial charge >= 0.3 is 23.9 Å². The maximum Gasteiger partial charge on any atom is 0.348 e. The van der Waals surface area contributed by atoms with Crippen LogP contribution >= 0.6 is 0 Å². The SMILES string of the molecule is C=C(CC(=O)OC(CCOCC)C(=O)OC(C)c1ccccc1)C(=O)OC(CCOCC)C(=O)OC(C)c1ccccc1. The Morgan fingerprint density at radius 3 is 1.49 bits per heavy atom. The molecule has 0 aromatic heterocycles. The normalized spacial score (nSPS) is 13.6. The molecule has 0 radical (unpaired) electrons. The van der Waals surface area contributed by atoms with Gasteiger partial charge in [-0.05, 0) is 38.8 Å². The van der Waals surface area contributed by atoms with Crippen LogP contribution in [0.1, 0.15) is 70.3 Å². The Morgan fingerprint density at radius 2 is 1.07 bits per heavy atom. The Hall–Kier alpha value is -4.02. The van der Waals surface area contributed by atoms with E-state index in [1.165, 1.54) is 0 Å². The molecule has 10 heteroatoms. The van der Waals surface area contributed by atoms with Gasteiger partial charge in [-0.2, -0.15) is 0 Å². The van der Waals surface area contributed by atoms with Crippen molar-refractivity contribution in [1.82, 2.24) is 0 Å². The molecular formula is C33H42O10. The van der Waals surface area contributed by atoms with E-state index in [1.807, 2.05) is 60.7 Å². The van der Waals surface area contributed by atoms with Crippen molar-refractivity contribution >= 4 is 23.9 Å². The molecule has 0 aliphatic heterocycles. The van der Waals surface area contributed by atoms with Crippen molar-refractivity contribution in [3.63, 3.8) is 0 Å². The van der Waals surface area contributed by atoms with Crippen molar-refractivity contribution in [1.29, 1.82) is 0 Å². The molecule has 2 aromatic rings. The van der Waals surface area contributed by atoms with Crippen molar-refractivity contribution in [3.05, 3.63) is 83.9 Å². The predicted molar refractivity (Wildman–Crippen MR) is 158 cm³/mol. The van der Waals surface area contributed by atoms with Gasteiger partial charge in [-0.15, -0.1) is 0 Å². The fourth-order valence-electron chi connectivity index (χ4n) is 3.86. The second-order valence-corrected chi connectivity index (χ2v) is 9.60. The number of hydrogen-bond donors (Lipinski definition) is 0. The molecule has 2 aromatic carbocycles. The van der Waals surface area contributed by atoms with Crippen LogP contribution in [0.2, 0.25) is 0 Å². The van der Waals surface area contributed by atoms with Crippen molar-refractivity contribution < 1.29 is 47.6 Å². The van der Waals surface area contributed by atoms with Gasteiger partial charge in [0.15, 0.2) is 0 Å². The van der Waals surface area contributed by atoms with Crippen LogP contribution in [0.5, 0.6) is 0 Å². The molecular weight excluding hydrogens is 556 g/mol. The molecule has 0 N–H and O–H groups in total. The summed E-state index contributed by atoms with van der Waals surface area (Å²) in [5, 5.41) is 0. The molecule has 234 valence electrons. The standard InChI is InChI=1S/C33H42O10/c1-6-38-20-18-28(32(36)40-24(4)26-14-10-8-11-15-26)42-30(34)22-23(3)31(35)43-29(19-21-39-7-2)33(37)41-25(5)27-16-12-9-13-17-27/h8-17,24-25,28-29H,3,6-7,18-22H2,1-2,4-5H3. The minimum atomic E-state index is -1.29. The smallest absolute Gasteiger partial charge is 0.348 e. The molecule has 0 aliphatic carbocycles. The molecule has 2 rings (SSSR count). The van der Waals surface area contributed by atoms with E-state index in [-0.39, 0.29) is 31.6 Å². The van der Waals surface area contributed by atoms with Crippen LogP contribution in [0.4, 0.5) is 0 Å². The van der Waals surface area contributed by atoms with Gasteiger partial charge in [-0.25, -0.2) is 14.4 Å². The lowest BCUT2D eigenvalue weighted by Crippen LogP contribution is -2.33. The first-order valence-electron chi connectivity index (χ1n) is 14.4. The molecule has 4 atom stereocenters. The maximum atomic E-state index is 12.9. The summed E-state index contributed by atoms with van der Waals surface area (Å²) in [4.78, 5) is 51.3. The third kappa shape index (κ3) is 12.8. The number of carbonyl (C=O) groups excluding carboxylic acids is 4. The number of carbonyl (C=O) groups is 4. The Morgan fingerprint density at radius 1 is 0.651 bits per heavy atom. The van der Waals surface area contributed by atoms with Crippen molar-refractivity contribution in [2.75, 3.05) is 26.4 Å². The molecule has 0 amide bonds. The molecule has 4 unspecified atom stereocenters. The van der Waals surface area contributed by atoms with Crippen LogP contribution in [0.15, 0.2) is 72.8 Å². The average Bonchev–Trinajstić information content (AvgIpc) is 3.00. The second kappa shape index (κ2) is 19.2. The zero-order valence-electron chi connectivity index (χ0n) is 25.3. The van der Waals surface area contributed by atoms with Gasteiger partial charge < -0.3 is 28.4 Å². The number of esters is 4. The highest BCUT2D eigenvalue weighted by Gasteiger charge is 2.30. The molecule has 0 fully saturated rings. The fraction of sp³-hybridized carbons (Fsp3) is 0.455.